The molecule has 0 fully saturated rings. The average Bonchev–Trinajstić information content (AvgIpc) is 2.40. The summed E-state index contributed by atoms with van der Waals surface area (Å²) in [6.45, 7) is 21.7. The van der Waals surface area contributed by atoms with E-state index in [0.717, 1.165) is 5.56 Å². The average molecular weight is 262 g/mol. The van der Waals surface area contributed by atoms with Crippen molar-refractivity contribution in [1.29, 1.82) is 0 Å². The van der Waals surface area contributed by atoms with Gasteiger partial charge in [-0.15, -0.1) is 12.1 Å². The molecule has 1 aromatic rings. The van der Waals surface area contributed by atoms with E-state index in [1.165, 1.54) is 0 Å². The van der Waals surface area contributed by atoms with E-state index in [-0.39, 0.29) is 16.8 Å². The molecule has 85 valence electrons. The standard InChI is InChI=1S/C7H7.4CO.Co/c1-7-5-3-2-4-6-7;4*1-2;/h2-6H,1H2;;;;;/q-1;;;;;. The van der Waals surface area contributed by atoms with Crippen LogP contribution in [0.3, 0.4) is 0 Å². The van der Waals surface area contributed by atoms with Crippen LogP contribution in [0.4, 0.5) is 0 Å². The van der Waals surface area contributed by atoms with Crippen LogP contribution < -0.4 is 0 Å². The third-order valence-electron chi connectivity index (χ3n) is 0.843. The van der Waals surface area contributed by atoms with E-state index in [1.54, 1.807) is 0 Å². The maximum absolute atomic E-state index is 7.50. The van der Waals surface area contributed by atoms with E-state index in [9.17, 15) is 0 Å². The second kappa shape index (κ2) is 49.7. The molecule has 0 bridgehead atoms. The maximum atomic E-state index is 7.50. The topological polar surface area (TPSA) is 79.6 Å². The summed E-state index contributed by atoms with van der Waals surface area (Å²) in [7, 11) is 0. The molecule has 0 atom stereocenters. The Bertz CT molecular complexity index is 250. The van der Waals surface area contributed by atoms with Crippen LogP contribution in [0.25, 0.3) is 0 Å². The molecule has 0 saturated carbocycles. The van der Waals surface area contributed by atoms with Crippen LogP contribution in [0.1, 0.15) is 5.56 Å². The van der Waals surface area contributed by atoms with Crippen LogP contribution in [0, 0.1) is 33.5 Å². The maximum Gasteiger partial charge on any atom is 0 e. The van der Waals surface area contributed by atoms with Gasteiger partial charge in [-0.2, -0.15) is 24.6 Å². The summed E-state index contributed by atoms with van der Waals surface area (Å²) in [5.41, 5.74) is 1.07. The summed E-state index contributed by atoms with van der Waals surface area (Å²) in [4.78, 5) is 0. The van der Waals surface area contributed by atoms with Crippen LogP contribution >= 0.6 is 0 Å². The van der Waals surface area contributed by atoms with Crippen molar-refractivity contribution in [2.75, 3.05) is 0 Å². The molecular weight excluding hydrogens is 255 g/mol. The molecule has 5 heteroatoms. The molecule has 0 aliphatic carbocycles. The largest absolute Gasteiger partial charge is 0.199 e. The molecule has 0 amide bonds. The molecule has 4 nitrogen and oxygen atoms in total. The van der Waals surface area contributed by atoms with Crippen molar-refractivity contribution >= 4 is 0 Å². The van der Waals surface area contributed by atoms with Crippen LogP contribution in [-0.4, -0.2) is 0 Å². The van der Waals surface area contributed by atoms with E-state index in [1.807, 2.05) is 30.3 Å². The number of hydrogen-bond donors (Lipinski definition) is 0. The molecule has 16 heavy (non-hydrogen) atoms. The minimum atomic E-state index is 0. The predicted molar refractivity (Wildman–Crippen MR) is 46.6 cm³/mol. The van der Waals surface area contributed by atoms with Crippen LogP contribution in [-0.2, 0) is 35.4 Å². The van der Waals surface area contributed by atoms with Gasteiger partial charge in [0.2, 0.25) is 0 Å². The minimum absolute atomic E-state index is 0. The third-order valence-corrected chi connectivity index (χ3v) is 0.843. The Morgan fingerprint density at radius 1 is 0.688 bits per heavy atom. The normalized spacial score (nSPS) is 4.25. The first-order valence-electron chi connectivity index (χ1n) is 3.08. The summed E-state index contributed by atoms with van der Waals surface area (Å²) in [6.07, 6.45) is 0. The number of rotatable bonds is 0. The van der Waals surface area contributed by atoms with Gasteiger partial charge in [-0.05, 0) is 0 Å². The van der Waals surface area contributed by atoms with E-state index < -0.39 is 0 Å². The molecule has 0 unspecified atom stereocenters. The zero-order chi connectivity index (χ0) is 13.1. The van der Waals surface area contributed by atoms with Gasteiger partial charge < -0.3 is 0 Å². The Morgan fingerprint density at radius 2 is 0.938 bits per heavy atom. The smallest absolute Gasteiger partial charge is 0 e. The van der Waals surface area contributed by atoms with Crippen molar-refractivity contribution < 1.29 is 35.4 Å². The third kappa shape index (κ3) is 39.0. The monoisotopic (exact) mass is 262 g/mol. The Morgan fingerprint density at radius 3 is 1.06 bits per heavy atom. The summed E-state index contributed by atoms with van der Waals surface area (Å²) < 4.78 is 30.0. The molecule has 0 saturated heterocycles. The van der Waals surface area contributed by atoms with Crippen LogP contribution in [0.15, 0.2) is 30.3 Å². The fourth-order valence-electron chi connectivity index (χ4n) is 0.478. The molecule has 1 rings (SSSR count). The van der Waals surface area contributed by atoms with Crippen molar-refractivity contribution in [2.45, 2.75) is 0 Å². The molecule has 1 radical (unpaired) electrons. The first kappa shape index (κ1) is 29.3. The van der Waals surface area contributed by atoms with Gasteiger partial charge in [-0.1, -0.05) is 6.07 Å². The van der Waals surface area contributed by atoms with Gasteiger partial charge in [0.15, 0.2) is 0 Å². The van der Waals surface area contributed by atoms with Gasteiger partial charge in [0.1, 0.15) is 0 Å². The zero-order valence-corrected chi connectivity index (χ0v) is 9.10. The number of hydrogen-bond acceptors (Lipinski definition) is 0. The molecule has 1 aromatic carbocycles. The summed E-state index contributed by atoms with van der Waals surface area (Å²) in [6, 6.07) is 9.87. The second-order valence-corrected chi connectivity index (χ2v) is 1.49. The van der Waals surface area contributed by atoms with Crippen molar-refractivity contribution in [2.24, 2.45) is 0 Å². The summed E-state index contributed by atoms with van der Waals surface area (Å²) in [5.74, 6) is 0. The fourth-order valence-corrected chi connectivity index (χ4v) is 0.478. The van der Waals surface area contributed by atoms with Gasteiger partial charge in [0.05, 0.1) is 0 Å². The predicted octanol–water partition coefficient (Wildman–Crippen LogP) is 1.72. The van der Waals surface area contributed by atoms with E-state index in [2.05, 4.69) is 33.5 Å². The minimum Gasteiger partial charge on any atom is -0.199 e. The first-order valence-corrected chi connectivity index (χ1v) is 3.08. The van der Waals surface area contributed by atoms with Crippen molar-refractivity contribution in [1.82, 2.24) is 0 Å². The van der Waals surface area contributed by atoms with Crippen LogP contribution in [0.5, 0.6) is 0 Å². The number of benzene rings is 1. The van der Waals surface area contributed by atoms with E-state index in [4.69, 9.17) is 18.6 Å². The van der Waals surface area contributed by atoms with Crippen LogP contribution in [0.2, 0.25) is 0 Å². The van der Waals surface area contributed by atoms with Gasteiger partial charge >= 0.3 is 45.2 Å². The van der Waals surface area contributed by atoms with Gasteiger partial charge in [-0.3, -0.25) is 0 Å². The SMILES string of the molecule is [C-]#[O+].[C-]#[O+].[C-]#[O+].[C-]#[O+].[CH2-]c1ccccc1.[Co]. The molecule has 0 spiro atoms. The van der Waals surface area contributed by atoms with E-state index in [0.29, 0.717) is 0 Å². The molecular formula is C11H7CoO4-. The second-order valence-electron chi connectivity index (χ2n) is 1.49. The van der Waals surface area contributed by atoms with Gasteiger partial charge in [0.25, 0.3) is 0 Å². The van der Waals surface area contributed by atoms with Gasteiger partial charge in [0, 0.05) is 16.8 Å². The Hall–Kier alpha value is -1.44. The molecule has 0 aromatic heterocycles. The van der Waals surface area contributed by atoms with Gasteiger partial charge in [-0.25, -0.2) is 0 Å². The zero-order valence-electron chi connectivity index (χ0n) is 8.06. The van der Waals surface area contributed by atoms with E-state index >= 15 is 0 Å². The Labute approximate surface area is 105 Å². The first-order chi connectivity index (χ1) is 7.39. The molecule has 0 aliphatic rings. The van der Waals surface area contributed by atoms with Crippen molar-refractivity contribution in [3.8, 4) is 0 Å². The Kier molecular flexibility index (Phi) is 91.0. The molecule has 0 N–H and O–H groups in total. The summed E-state index contributed by atoms with van der Waals surface area (Å²) >= 11 is 0. The van der Waals surface area contributed by atoms with Crippen molar-refractivity contribution in [3.05, 3.63) is 69.4 Å². The Balaban J connectivity index is -0.0000000390. The van der Waals surface area contributed by atoms with Crippen molar-refractivity contribution in [3.63, 3.8) is 0 Å². The molecule has 0 heterocycles. The summed E-state index contributed by atoms with van der Waals surface area (Å²) in [5, 5.41) is 0. The fraction of sp³-hybridized carbons (Fsp3) is 0. The quantitative estimate of drug-likeness (QED) is 0.504. The molecule has 0 aliphatic heterocycles.